The van der Waals surface area contributed by atoms with Gasteiger partial charge < -0.3 is 15.0 Å². The topological polar surface area (TPSA) is 74.2 Å². The van der Waals surface area contributed by atoms with Crippen LogP contribution in [0, 0.1) is 0 Å². The Morgan fingerprint density at radius 1 is 1.39 bits per heavy atom. The van der Waals surface area contributed by atoms with E-state index >= 15 is 0 Å². The number of aromatic nitrogens is 2. The van der Waals surface area contributed by atoms with E-state index in [1.807, 2.05) is 31.2 Å². The molecular weight excluding hydrogens is 230 g/mol. The Labute approximate surface area is 105 Å². The predicted octanol–water partition coefficient (Wildman–Crippen LogP) is 2.15. The van der Waals surface area contributed by atoms with Crippen molar-refractivity contribution in [2.75, 3.05) is 6.61 Å². The number of nitrogens with zero attached hydrogens (tertiary/aromatic N) is 2. The standard InChI is InChI=1S/C13H15N3O2/c1-9(2)8-17-11-5-3-10(4-6-11)13-15-12(7-14)18-16-13/h3-6H,1,7-8,14H2,2H3. The largest absolute Gasteiger partial charge is 0.489 e. The molecule has 0 bridgehead atoms. The Bertz CT molecular complexity index is 531. The fourth-order valence-corrected chi connectivity index (χ4v) is 1.36. The number of rotatable bonds is 5. The van der Waals surface area contributed by atoms with E-state index in [1.165, 1.54) is 0 Å². The van der Waals surface area contributed by atoms with Crippen molar-refractivity contribution in [2.45, 2.75) is 13.5 Å². The van der Waals surface area contributed by atoms with Gasteiger partial charge in [0.05, 0.1) is 6.54 Å². The summed E-state index contributed by atoms with van der Waals surface area (Å²) in [6, 6.07) is 7.46. The Morgan fingerprint density at radius 3 is 2.67 bits per heavy atom. The molecule has 2 rings (SSSR count). The predicted molar refractivity (Wildman–Crippen MR) is 67.9 cm³/mol. The first-order chi connectivity index (χ1) is 8.69. The normalized spacial score (nSPS) is 10.3. The molecule has 0 unspecified atom stereocenters. The highest BCUT2D eigenvalue weighted by molar-refractivity contribution is 5.55. The summed E-state index contributed by atoms with van der Waals surface area (Å²) < 4.78 is 10.4. The van der Waals surface area contributed by atoms with Crippen LogP contribution in [0.1, 0.15) is 12.8 Å². The third-order valence-electron chi connectivity index (χ3n) is 2.24. The SMILES string of the molecule is C=C(C)COc1ccc(-c2noc(CN)n2)cc1. The molecule has 0 aliphatic heterocycles. The molecule has 0 aliphatic carbocycles. The Balaban J connectivity index is 2.09. The van der Waals surface area contributed by atoms with Crippen LogP contribution >= 0.6 is 0 Å². The maximum absolute atomic E-state index is 5.50. The smallest absolute Gasteiger partial charge is 0.240 e. The summed E-state index contributed by atoms with van der Waals surface area (Å²) in [6.07, 6.45) is 0. The lowest BCUT2D eigenvalue weighted by atomic mass is 10.2. The van der Waals surface area contributed by atoms with Crippen LogP contribution in [0.15, 0.2) is 40.9 Å². The molecule has 0 amide bonds. The van der Waals surface area contributed by atoms with Crippen molar-refractivity contribution in [2.24, 2.45) is 5.73 Å². The van der Waals surface area contributed by atoms with Gasteiger partial charge in [-0.15, -0.1) is 0 Å². The Kier molecular flexibility index (Phi) is 3.74. The zero-order chi connectivity index (χ0) is 13.0. The molecule has 0 saturated heterocycles. The molecule has 18 heavy (non-hydrogen) atoms. The number of nitrogens with two attached hydrogens (primary N) is 1. The summed E-state index contributed by atoms with van der Waals surface area (Å²) in [5.74, 6) is 1.74. The van der Waals surface area contributed by atoms with Gasteiger partial charge in [-0.3, -0.25) is 0 Å². The summed E-state index contributed by atoms with van der Waals surface area (Å²) in [6.45, 7) is 6.45. The van der Waals surface area contributed by atoms with Crippen LogP contribution < -0.4 is 10.5 Å². The number of benzene rings is 1. The molecule has 5 nitrogen and oxygen atoms in total. The molecule has 0 atom stereocenters. The molecule has 5 heteroatoms. The van der Waals surface area contributed by atoms with E-state index in [1.54, 1.807) is 0 Å². The van der Waals surface area contributed by atoms with Gasteiger partial charge in [-0.05, 0) is 36.8 Å². The molecule has 0 fully saturated rings. The first-order valence-electron chi connectivity index (χ1n) is 5.59. The van der Waals surface area contributed by atoms with Crippen molar-refractivity contribution >= 4 is 0 Å². The van der Waals surface area contributed by atoms with Gasteiger partial charge in [0.25, 0.3) is 0 Å². The van der Waals surface area contributed by atoms with E-state index < -0.39 is 0 Å². The Hall–Kier alpha value is -2.14. The average Bonchev–Trinajstić information content (AvgIpc) is 2.85. The van der Waals surface area contributed by atoms with E-state index in [-0.39, 0.29) is 6.54 Å². The summed E-state index contributed by atoms with van der Waals surface area (Å²) in [4.78, 5) is 4.15. The minimum absolute atomic E-state index is 0.243. The molecule has 0 aliphatic rings. The van der Waals surface area contributed by atoms with Crippen molar-refractivity contribution in [3.05, 3.63) is 42.3 Å². The van der Waals surface area contributed by atoms with E-state index in [4.69, 9.17) is 15.0 Å². The van der Waals surface area contributed by atoms with Crippen molar-refractivity contribution < 1.29 is 9.26 Å². The van der Waals surface area contributed by atoms with Crippen LogP contribution in [0.3, 0.4) is 0 Å². The van der Waals surface area contributed by atoms with E-state index in [9.17, 15) is 0 Å². The summed E-state index contributed by atoms with van der Waals surface area (Å²) >= 11 is 0. The Morgan fingerprint density at radius 2 is 2.11 bits per heavy atom. The van der Waals surface area contributed by atoms with Crippen LogP contribution in [0.25, 0.3) is 11.4 Å². The monoisotopic (exact) mass is 245 g/mol. The van der Waals surface area contributed by atoms with Gasteiger partial charge in [0.2, 0.25) is 11.7 Å². The minimum atomic E-state index is 0.243. The van der Waals surface area contributed by atoms with Gasteiger partial charge >= 0.3 is 0 Å². The number of ether oxygens (including phenoxy) is 1. The number of hydrogen-bond acceptors (Lipinski definition) is 5. The highest BCUT2D eigenvalue weighted by Crippen LogP contribution is 2.20. The quantitative estimate of drug-likeness (QED) is 0.817. The van der Waals surface area contributed by atoms with Crippen molar-refractivity contribution in [3.8, 4) is 17.1 Å². The lowest BCUT2D eigenvalue weighted by Crippen LogP contribution is -1.97. The molecule has 94 valence electrons. The third kappa shape index (κ3) is 2.95. The lowest BCUT2D eigenvalue weighted by molar-refractivity contribution is 0.352. The van der Waals surface area contributed by atoms with Gasteiger partial charge in [-0.1, -0.05) is 11.7 Å². The highest BCUT2D eigenvalue weighted by Gasteiger charge is 2.07. The van der Waals surface area contributed by atoms with Gasteiger partial charge in [-0.25, -0.2) is 0 Å². The zero-order valence-corrected chi connectivity index (χ0v) is 10.2. The van der Waals surface area contributed by atoms with Crippen molar-refractivity contribution in [1.29, 1.82) is 0 Å². The van der Waals surface area contributed by atoms with Crippen LogP contribution in [0.5, 0.6) is 5.75 Å². The van der Waals surface area contributed by atoms with Gasteiger partial charge in [0.1, 0.15) is 12.4 Å². The summed E-state index contributed by atoms with van der Waals surface area (Å²) in [7, 11) is 0. The summed E-state index contributed by atoms with van der Waals surface area (Å²) in [5.41, 5.74) is 7.25. The highest BCUT2D eigenvalue weighted by atomic mass is 16.5. The second kappa shape index (κ2) is 5.46. The molecule has 1 aromatic heterocycles. The first-order valence-corrected chi connectivity index (χ1v) is 5.59. The average molecular weight is 245 g/mol. The molecule has 0 radical (unpaired) electrons. The number of hydrogen-bond donors (Lipinski definition) is 1. The van der Waals surface area contributed by atoms with Crippen LogP contribution in [0.2, 0.25) is 0 Å². The molecule has 2 N–H and O–H groups in total. The fraction of sp³-hybridized carbons (Fsp3) is 0.231. The third-order valence-corrected chi connectivity index (χ3v) is 2.24. The van der Waals surface area contributed by atoms with Crippen molar-refractivity contribution in [3.63, 3.8) is 0 Å². The van der Waals surface area contributed by atoms with E-state index in [0.717, 1.165) is 16.9 Å². The molecule has 1 heterocycles. The van der Waals surface area contributed by atoms with Crippen LogP contribution in [0.4, 0.5) is 0 Å². The molecule has 1 aromatic carbocycles. The van der Waals surface area contributed by atoms with E-state index in [0.29, 0.717) is 18.3 Å². The molecular formula is C13H15N3O2. The van der Waals surface area contributed by atoms with Gasteiger partial charge in [-0.2, -0.15) is 4.98 Å². The van der Waals surface area contributed by atoms with Crippen LogP contribution in [-0.4, -0.2) is 16.7 Å². The van der Waals surface area contributed by atoms with E-state index in [2.05, 4.69) is 16.7 Å². The fourth-order valence-electron chi connectivity index (χ4n) is 1.36. The second-order valence-electron chi connectivity index (χ2n) is 3.99. The van der Waals surface area contributed by atoms with Gasteiger partial charge in [0, 0.05) is 5.56 Å². The molecule has 0 spiro atoms. The minimum Gasteiger partial charge on any atom is -0.489 e. The van der Waals surface area contributed by atoms with Crippen molar-refractivity contribution in [1.82, 2.24) is 10.1 Å². The molecule has 2 aromatic rings. The van der Waals surface area contributed by atoms with Crippen LogP contribution in [-0.2, 0) is 6.54 Å². The maximum Gasteiger partial charge on any atom is 0.240 e. The summed E-state index contributed by atoms with van der Waals surface area (Å²) in [5, 5.41) is 3.84. The zero-order valence-electron chi connectivity index (χ0n) is 10.2. The lowest BCUT2D eigenvalue weighted by Gasteiger charge is -2.05. The first kappa shape index (κ1) is 12.3. The van der Waals surface area contributed by atoms with Gasteiger partial charge in [0.15, 0.2) is 0 Å². The molecule has 0 saturated carbocycles. The second-order valence-corrected chi connectivity index (χ2v) is 3.99. The maximum atomic E-state index is 5.50.